The van der Waals surface area contributed by atoms with Crippen LogP contribution < -0.4 is 10.1 Å². The summed E-state index contributed by atoms with van der Waals surface area (Å²) >= 11 is 12.7. The Labute approximate surface area is 240 Å². The number of rotatable bonds is 10. The number of likely N-dealkylation sites (N-methyl/N-ethyl adjacent to an activating group) is 1. The second kappa shape index (κ2) is 16.1. The van der Waals surface area contributed by atoms with Gasteiger partial charge < -0.3 is 24.8 Å². The zero-order chi connectivity index (χ0) is 25.4. The molecule has 206 valence electrons. The summed E-state index contributed by atoms with van der Waals surface area (Å²) in [4.78, 5) is 30.0. The van der Waals surface area contributed by atoms with Gasteiger partial charge in [0.25, 0.3) is 5.91 Å². The normalized spacial score (nSPS) is 14.6. The molecule has 37 heavy (non-hydrogen) atoms. The first-order valence-corrected chi connectivity index (χ1v) is 12.3. The highest BCUT2D eigenvalue weighted by molar-refractivity contribution is 6.39. The van der Waals surface area contributed by atoms with E-state index in [1.807, 2.05) is 30.3 Å². The third kappa shape index (κ3) is 9.39. The molecular weight excluding hydrogens is 564 g/mol. The van der Waals surface area contributed by atoms with E-state index in [-0.39, 0.29) is 59.2 Å². The molecule has 0 aliphatic carbocycles. The standard InChI is InChI=1S/C25H31Cl2N3O5.2ClH/c1-3-34-25(33)20(15-17-7-5-4-6-8-17)28-24(32)18-16-19(26)23(21(27)22(18)31)35-14-13-30-11-9-29(2)10-12-30;;/h4-8,16,20,31H,3,9-15H2,1-2H3,(H,28,32);2*1H/t20-;;/m0../s1. The molecule has 1 saturated heterocycles. The number of hydrogen-bond donors (Lipinski definition) is 2. The van der Waals surface area contributed by atoms with Crippen molar-refractivity contribution in [1.29, 1.82) is 0 Å². The van der Waals surface area contributed by atoms with E-state index in [0.717, 1.165) is 31.7 Å². The van der Waals surface area contributed by atoms with Gasteiger partial charge in [0, 0.05) is 39.1 Å². The third-order valence-electron chi connectivity index (χ3n) is 5.80. The molecule has 2 aromatic carbocycles. The fourth-order valence-electron chi connectivity index (χ4n) is 3.77. The average molecular weight is 597 g/mol. The number of hydrogen-bond acceptors (Lipinski definition) is 7. The van der Waals surface area contributed by atoms with E-state index in [1.165, 1.54) is 6.07 Å². The molecule has 0 radical (unpaired) electrons. The molecule has 1 fully saturated rings. The summed E-state index contributed by atoms with van der Waals surface area (Å²) in [5.41, 5.74) is 0.684. The van der Waals surface area contributed by atoms with E-state index in [2.05, 4.69) is 22.2 Å². The minimum Gasteiger partial charge on any atom is -0.505 e. The van der Waals surface area contributed by atoms with Crippen molar-refractivity contribution in [3.8, 4) is 11.5 Å². The van der Waals surface area contributed by atoms with Crippen LogP contribution in [-0.2, 0) is 16.0 Å². The van der Waals surface area contributed by atoms with Gasteiger partial charge in [-0.05, 0) is 25.6 Å². The van der Waals surface area contributed by atoms with Gasteiger partial charge in [0.05, 0.1) is 17.2 Å². The molecule has 1 amide bonds. The number of aromatic hydroxyl groups is 1. The Kier molecular flexibility index (Phi) is 14.4. The van der Waals surface area contributed by atoms with Crippen LogP contribution in [0.2, 0.25) is 10.0 Å². The van der Waals surface area contributed by atoms with Crippen molar-refractivity contribution in [3.05, 3.63) is 57.6 Å². The number of phenolic OH excluding ortho intramolecular Hbond substituents is 1. The first-order valence-electron chi connectivity index (χ1n) is 11.6. The molecule has 0 unspecified atom stereocenters. The first-order chi connectivity index (χ1) is 16.8. The van der Waals surface area contributed by atoms with Crippen molar-refractivity contribution in [1.82, 2.24) is 15.1 Å². The quantitative estimate of drug-likeness (QED) is 0.399. The maximum absolute atomic E-state index is 13.0. The van der Waals surface area contributed by atoms with Crippen LogP contribution in [0, 0.1) is 0 Å². The Hall–Kier alpha value is -1.94. The van der Waals surface area contributed by atoms with Crippen molar-refractivity contribution in [2.75, 3.05) is 53.0 Å². The predicted octanol–water partition coefficient (Wildman–Crippen LogP) is 4.07. The van der Waals surface area contributed by atoms with Gasteiger partial charge in [-0.2, -0.15) is 0 Å². The highest BCUT2D eigenvalue weighted by atomic mass is 35.5. The van der Waals surface area contributed by atoms with Crippen LogP contribution in [0.4, 0.5) is 0 Å². The smallest absolute Gasteiger partial charge is 0.328 e. The van der Waals surface area contributed by atoms with Crippen molar-refractivity contribution in [2.45, 2.75) is 19.4 Å². The molecule has 12 heteroatoms. The van der Waals surface area contributed by atoms with Gasteiger partial charge in [-0.15, -0.1) is 24.8 Å². The number of piperazine rings is 1. The lowest BCUT2D eigenvalue weighted by Crippen LogP contribution is -2.45. The van der Waals surface area contributed by atoms with Crippen LogP contribution in [0.25, 0.3) is 0 Å². The molecule has 2 aromatic rings. The molecule has 1 aliphatic rings. The number of carbonyl (C=O) groups is 2. The Morgan fingerprint density at radius 2 is 1.76 bits per heavy atom. The Balaban J connectivity index is 0.00000342. The van der Waals surface area contributed by atoms with Crippen LogP contribution in [0.5, 0.6) is 11.5 Å². The largest absolute Gasteiger partial charge is 0.505 e. The Morgan fingerprint density at radius 1 is 1.11 bits per heavy atom. The summed E-state index contributed by atoms with van der Waals surface area (Å²) in [6.07, 6.45) is 0.223. The zero-order valence-electron chi connectivity index (χ0n) is 20.7. The van der Waals surface area contributed by atoms with Gasteiger partial charge in [-0.1, -0.05) is 53.5 Å². The molecule has 2 N–H and O–H groups in total. The lowest BCUT2D eigenvalue weighted by molar-refractivity contribution is -0.145. The molecule has 0 bridgehead atoms. The van der Waals surface area contributed by atoms with Gasteiger partial charge in [-0.3, -0.25) is 9.69 Å². The topological polar surface area (TPSA) is 91.3 Å². The van der Waals surface area contributed by atoms with E-state index < -0.39 is 23.7 Å². The summed E-state index contributed by atoms with van der Waals surface area (Å²) in [5, 5.41) is 13.2. The lowest BCUT2D eigenvalue weighted by Gasteiger charge is -2.32. The first kappa shape index (κ1) is 33.1. The number of esters is 1. The van der Waals surface area contributed by atoms with Crippen LogP contribution in [0.15, 0.2) is 36.4 Å². The SMILES string of the molecule is CCOC(=O)[C@H](Cc1ccccc1)NC(=O)c1cc(Cl)c(OCCN2CCN(C)CC2)c(Cl)c1O.Cl.Cl. The van der Waals surface area contributed by atoms with E-state index in [4.69, 9.17) is 32.7 Å². The van der Waals surface area contributed by atoms with E-state index in [1.54, 1.807) is 6.92 Å². The van der Waals surface area contributed by atoms with Gasteiger partial charge in [0.1, 0.15) is 17.7 Å². The second-order valence-corrected chi connectivity index (χ2v) is 9.14. The number of benzene rings is 2. The molecule has 0 saturated carbocycles. The number of carbonyl (C=O) groups excluding carboxylic acids is 2. The van der Waals surface area contributed by atoms with Crippen LogP contribution in [-0.4, -0.2) is 85.8 Å². The fourth-order valence-corrected chi connectivity index (χ4v) is 4.33. The number of amides is 1. The monoisotopic (exact) mass is 595 g/mol. The number of ether oxygens (including phenoxy) is 2. The number of phenols is 1. The Bertz CT molecular complexity index is 1020. The van der Waals surface area contributed by atoms with E-state index in [0.29, 0.717) is 13.2 Å². The van der Waals surface area contributed by atoms with Crippen LogP contribution in [0.1, 0.15) is 22.8 Å². The number of nitrogens with one attached hydrogen (secondary N) is 1. The molecule has 8 nitrogen and oxygen atoms in total. The third-order valence-corrected chi connectivity index (χ3v) is 6.44. The highest BCUT2D eigenvalue weighted by Gasteiger charge is 2.27. The minimum atomic E-state index is -0.957. The highest BCUT2D eigenvalue weighted by Crippen LogP contribution is 2.42. The molecule has 0 spiro atoms. The minimum absolute atomic E-state index is 0. The van der Waals surface area contributed by atoms with Gasteiger partial charge in [0.2, 0.25) is 0 Å². The summed E-state index contributed by atoms with van der Waals surface area (Å²) < 4.78 is 10.9. The van der Waals surface area contributed by atoms with Crippen molar-refractivity contribution in [2.24, 2.45) is 0 Å². The molecule has 1 heterocycles. The molecular formula is C25H33Cl4N3O5. The average Bonchev–Trinajstić information content (AvgIpc) is 2.85. The van der Waals surface area contributed by atoms with Crippen molar-refractivity contribution in [3.63, 3.8) is 0 Å². The molecule has 1 aliphatic heterocycles. The van der Waals surface area contributed by atoms with Crippen molar-refractivity contribution < 1.29 is 24.2 Å². The molecule has 3 rings (SSSR count). The summed E-state index contributed by atoms with van der Waals surface area (Å²) in [7, 11) is 2.09. The zero-order valence-corrected chi connectivity index (χ0v) is 23.9. The molecule has 0 aromatic heterocycles. The van der Waals surface area contributed by atoms with Crippen LogP contribution in [0.3, 0.4) is 0 Å². The fraction of sp³-hybridized carbons (Fsp3) is 0.440. The van der Waals surface area contributed by atoms with Gasteiger partial charge in [0.15, 0.2) is 11.5 Å². The number of halogens is 4. The van der Waals surface area contributed by atoms with Crippen molar-refractivity contribution >= 4 is 59.9 Å². The maximum Gasteiger partial charge on any atom is 0.328 e. The van der Waals surface area contributed by atoms with Crippen LogP contribution >= 0.6 is 48.0 Å². The lowest BCUT2D eigenvalue weighted by atomic mass is 10.1. The van der Waals surface area contributed by atoms with E-state index in [9.17, 15) is 14.7 Å². The summed E-state index contributed by atoms with van der Waals surface area (Å²) in [6.45, 7) is 6.73. The van der Waals surface area contributed by atoms with E-state index >= 15 is 0 Å². The maximum atomic E-state index is 13.0. The summed E-state index contributed by atoms with van der Waals surface area (Å²) in [6, 6.07) is 9.56. The number of nitrogens with zero attached hydrogens (tertiary/aromatic N) is 2. The Morgan fingerprint density at radius 3 is 2.38 bits per heavy atom. The molecule has 1 atom stereocenters. The predicted molar refractivity (Wildman–Crippen MR) is 150 cm³/mol. The second-order valence-electron chi connectivity index (χ2n) is 8.36. The van der Waals surface area contributed by atoms with Gasteiger partial charge in [-0.25, -0.2) is 4.79 Å². The summed E-state index contributed by atoms with van der Waals surface area (Å²) in [5.74, 6) is -1.64. The van der Waals surface area contributed by atoms with Gasteiger partial charge >= 0.3 is 5.97 Å².